The first-order valence-electron chi connectivity index (χ1n) is 19.0. The Hall–Kier alpha value is -2.70. The predicted octanol–water partition coefficient (Wildman–Crippen LogP) is 4.93. The molecule has 0 radical (unpaired) electrons. The molecule has 1 aromatic carbocycles. The van der Waals surface area contributed by atoms with E-state index in [1.807, 2.05) is 17.0 Å². The second-order valence-electron chi connectivity index (χ2n) is 15.2. The zero-order valence-electron chi connectivity index (χ0n) is 29.8. The standard InChI is InChI=1S/C38H57ClN6O5/c1-27(46)45-17-11-30(12-18-45)42-35-19-29(20-38(43-35)14-7-5-3-2-4-6-8-15-38)37(48)41-21-31(47)24-44-16-13-33-28(23-44)9-10-34(36(33)39)49-25-32-22-40-26-50-32/h9-10,22,26,29-31,35,42-43,47H,2-8,11-21,23-25H2,1H3,(H,41,48)/t29?,31-,35?/m0/s1. The molecule has 12 heteroatoms. The number of β-amino-alcohol motifs (C(OH)–C–C–N with tert-alkyl or cyclic N) is 1. The fourth-order valence-electron chi connectivity index (χ4n) is 8.67. The van der Waals surface area contributed by atoms with Crippen molar-refractivity contribution in [3.05, 3.63) is 46.6 Å². The van der Waals surface area contributed by atoms with Gasteiger partial charge in [-0.05, 0) is 62.1 Å². The molecule has 2 amide bonds. The van der Waals surface area contributed by atoms with Gasteiger partial charge in [0.1, 0.15) is 12.4 Å². The number of rotatable bonds is 10. The number of fused-ring (bicyclic) bond motifs is 1. The molecular formula is C38H57ClN6O5. The van der Waals surface area contributed by atoms with Gasteiger partial charge in [0.05, 0.1) is 23.5 Å². The zero-order valence-corrected chi connectivity index (χ0v) is 30.5. The topological polar surface area (TPSA) is 132 Å². The van der Waals surface area contributed by atoms with Gasteiger partial charge in [-0.2, -0.15) is 0 Å². The maximum absolute atomic E-state index is 13.8. The average Bonchev–Trinajstić information content (AvgIpc) is 3.64. The summed E-state index contributed by atoms with van der Waals surface area (Å²) in [4.78, 5) is 33.8. The first-order chi connectivity index (χ1) is 24.3. The number of benzene rings is 1. The van der Waals surface area contributed by atoms with Crippen LogP contribution in [0.15, 0.2) is 29.1 Å². The van der Waals surface area contributed by atoms with E-state index in [2.05, 4.69) is 25.8 Å². The van der Waals surface area contributed by atoms with Crippen LogP contribution in [0.5, 0.6) is 5.75 Å². The molecule has 11 nitrogen and oxygen atoms in total. The minimum Gasteiger partial charge on any atom is -0.484 e. The molecule has 2 unspecified atom stereocenters. The van der Waals surface area contributed by atoms with E-state index in [-0.39, 0.29) is 42.6 Å². The molecule has 3 atom stereocenters. The summed E-state index contributed by atoms with van der Waals surface area (Å²) in [7, 11) is 0. The molecule has 4 heterocycles. The SMILES string of the molecule is CC(=O)N1CCC(NC2CC(C(=O)NC[C@H](O)CN3CCc4c(ccc(OCc5cnco5)c4Cl)C3)CC3(CCCCCCCCC3)N2)CC1. The number of ether oxygens (including phenoxy) is 1. The highest BCUT2D eigenvalue weighted by molar-refractivity contribution is 6.33. The molecule has 2 aromatic rings. The van der Waals surface area contributed by atoms with Crippen LogP contribution in [0.4, 0.5) is 0 Å². The van der Waals surface area contributed by atoms with Crippen LogP contribution in [0.3, 0.4) is 0 Å². The number of oxazole rings is 1. The number of nitrogens with one attached hydrogen (secondary N) is 3. The van der Waals surface area contributed by atoms with Crippen molar-refractivity contribution in [3.8, 4) is 5.75 Å². The molecule has 50 heavy (non-hydrogen) atoms. The summed E-state index contributed by atoms with van der Waals surface area (Å²) < 4.78 is 11.1. The van der Waals surface area contributed by atoms with Crippen molar-refractivity contribution in [2.24, 2.45) is 5.92 Å². The Morgan fingerprint density at radius 3 is 2.56 bits per heavy atom. The van der Waals surface area contributed by atoms with Crippen molar-refractivity contribution < 1.29 is 23.8 Å². The third kappa shape index (κ3) is 10.00. The van der Waals surface area contributed by atoms with Crippen LogP contribution in [-0.2, 0) is 29.2 Å². The smallest absolute Gasteiger partial charge is 0.223 e. The summed E-state index contributed by atoms with van der Waals surface area (Å²) in [5.74, 6) is 1.34. The molecule has 4 N–H and O–H groups in total. The Balaban J connectivity index is 1.02. The van der Waals surface area contributed by atoms with E-state index < -0.39 is 6.10 Å². The van der Waals surface area contributed by atoms with Crippen molar-refractivity contribution in [1.82, 2.24) is 30.7 Å². The summed E-state index contributed by atoms with van der Waals surface area (Å²) in [5.41, 5.74) is 2.14. The van der Waals surface area contributed by atoms with Gasteiger partial charge in [-0.25, -0.2) is 4.98 Å². The number of amides is 2. The number of halogens is 1. The van der Waals surface area contributed by atoms with Gasteiger partial charge in [0.25, 0.3) is 0 Å². The van der Waals surface area contributed by atoms with Crippen LogP contribution in [-0.4, -0.2) is 88.3 Å². The predicted molar refractivity (Wildman–Crippen MR) is 193 cm³/mol. The van der Waals surface area contributed by atoms with Gasteiger partial charge in [0, 0.05) is 63.7 Å². The first-order valence-corrected chi connectivity index (χ1v) is 19.4. The Bertz CT molecular complexity index is 1390. The number of carbonyl (C=O) groups is 2. The monoisotopic (exact) mass is 712 g/mol. The van der Waals surface area contributed by atoms with Gasteiger partial charge >= 0.3 is 0 Å². The number of nitrogens with zero attached hydrogens (tertiary/aromatic N) is 3. The molecule has 1 aliphatic carbocycles. The molecule has 2 saturated heterocycles. The first kappa shape index (κ1) is 37.1. The fraction of sp³-hybridized carbons (Fsp3) is 0.711. The summed E-state index contributed by atoms with van der Waals surface area (Å²) in [6.45, 7) is 5.62. The lowest BCUT2D eigenvalue weighted by Crippen LogP contribution is -2.64. The van der Waals surface area contributed by atoms with Gasteiger partial charge in [-0.1, -0.05) is 62.6 Å². The molecule has 3 fully saturated rings. The van der Waals surface area contributed by atoms with Crippen molar-refractivity contribution in [3.63, 3.8) is 0 Å². The number of piperidine rings is 2. The van der Waals surface area contributed by atoms with Crippen LogP contribution in [0.1, 0.15) is 107 Å². The second-order valence-corrected chi connectivity index (χ2v) is 15.6. The number of aliphatic hydroxyl groups is 1. The highest BCUT2D eigenvalue weighted by Crippen LogP contribution is 2.37. The third-order valence-corrected chi connectivity index (χ3v) is 11.8. The van der Waals surface area contributed by atoms with Crippen LogP contribution in [0.2, 0.25) is 5.02 Å². The van der Waals surface area contributed by atoms with Gasteiger partial charge in [0.15, 0.2) is 12.2 Å². The van der Waals surface area contributed by atoms with Gasteiger partial charge in [0.2, 0.25) is 11.8 Å². The summed E-state index contributed by atoms with van der Waals surface area (Å²) in [6.07, 6.45) is 17.5. The molecule has 1 spiro atoms. The normalized spacial score (nSPS) is 24.3. The largest absolute Gasteiger partial charge is 0.484 e. The van der Waals surface area contributed by atoms with E-state index in [9.17, 15) is 14.7 Å². The number of likely N-dealkylation sites (tertiary alicyclic amines) is 1. The lowest BCUT2D eigenvalue weighted by atomic mass is 9.73. The lowest BCUT2D eigenvalue weighted by Gasteiger charge is -2.48. The molecule has 0 bridgehead atoms. The highest BCUT2D eigenvalue weighted by atomic mass is 35.5. The maximum Gasteiger partial charge on any atom is 0.223 e. The Morgan fingerprint density at radius 2 is 1.86 bits per heavy atom. The second kappa shape index (κ2) is 17.7. The van der Waals surface area contributed by atoms with Gasteiger partial charge in [-0.3, -0.25) is 25.1 Å². The fourth-order valence-corrected chi connectivity index (χ4v) is 9.00. The van der Waals surface area contributed by atoms with Crippen LogP contribution >= 0.6 is 11.6 Å². The third-order valence-electron chi connectivity index (χ3n) is 11.4. The molecule has 276 valence electrons. The highest BCUT2D eigenvalue weighted by Gasteiger charge is 2.42. The molecule has 6 rings (SSSR count). The minimum atomic E-state index is -0.676. The number of aliphatic hydroxyl groups excluding tert-OH is 1. The van der Waals surface area contributed by atoms with Crippen molar-refractivity contribution >= 4 is 23.4 Å². The van der Waals surface area contributed by atoms with E-state index in [1.54, 1.807) is 13.1 Å². The van der Waals surface area contributed by atoms with Crippen LogP contribution in [0.25, 0.3) is 0 Å². The van der Waals surface area contributed by atoms with Crippen LogP contribution in [0, 0.1) is 5.92 Å². The van der Waals surface area contributed by atoms with Crippen molar-refractivity contribution in [2.75, 3.05) is 32.7 Å². The van der Waals surface area contributed by atoms with Gasteiger partial charge < -0.3 is 24.5 Å². The van der Waals surface area contributed by atoms with E-state index in [0.29, 0.717) is 35.7 Å². The zero-order chi connectivity index (χ0) is 34.9. The number of hydrogen-bond acceptors (Lipinski definition) is 9. The van der Waals surface area contributed by atoms with Crippen LogP contribution < -0.4 is 20.7 Å². The molecule has 1 saturated carbocycles. The lowest BCUT2D eigenvalue weighted by molar-refractivity contribution is -0.130. The average molecular weight is 713 g/mol. The summed E-state index contributed by atoms with van der Waals surface area (Å²) in [5, 5.41) is 22.8. The maximum atomic E-state index is 13.8. The quantitative estimate of drug-likeness (QED) is 0.271. The van der Waals surface area contributed by atoms with Gasteiger partial charge in [-0.15, -0.1) is 0 Å². The molecular weight excluding hydrogens is 656 g/mol. The summed E-state index contributed by atoms with van der Waals surface area (Å²) >= 11 is 6.74. The number of aromatic nitrogens is 1. The van der Waals surface area contributed by atoms with E-state index in [0.717, 1.165) is 75.7 Å². The Kier molecular flexibility index (Phi) is 13.1. The summed E-state index contributed by atoms with van der Waals surface area (Å²) in [6, 6.07) is 4.26. The van der Waals surface area contributed by atoms with E-state index in [4.69, 9.17) is 20.8 Å². The number of carbonyl (C=O) groups excluding carboxylic acids is 2. The van der Waals surface area contributed by atoms with Crippen molar-refractivity contribution in [1.29, 1.82) is 0 Å². The van der Waals surface area contributed by atoms with Crippen molar-refractivity contribution in [2.45, 2.75) is 134 Å². The Labute approximate surface area is 302 Å². The Morgan fingerprint density at radius 1 is 1.12 bits per heavy atom. The minimum absolute atomic E-state index is 0.0499. The molecule has 1 aromatic heterocycles. The van der Waals surface area contributed by atoms with E-state index in [1.165, 1.54) is 51.3 Å². The molecule has 4 aliphatic rings. The molecule has 3 aliphatic heterocycles. The number of hydrogen-bond donors (Lipinski definition) is 4. The van der Waals surface area contributed by atoms with E-state index >= 15 is 0 Å².